The molecule has 0 aliphatic carbocycles. The van der Waals surface area contributed by atoms with Crippen LogP contribution < -0.4 is 0 Å². The fourth-order valence-corrected chi connectivity index (χ4v) is 9.30. The van der Waals surface area contributed by atoms with Crippen molar-refractivity contribution in [2.24, 2.45) is 0 Å². The third kappa shape index (κ3) is 6.36. The molecule has 0 aliphatic heterocycles. The highest BCUT2D eigenvalue weighted by Crippen LogP contribution is 2.42. The molecule has 3 heterocycles. The summed E-state index contributed by atoms with van der Waals surface area (Å²) in [4.78, 5) is 16.0. The highest BCUT2D eigenvalue weighted by molar-refractivity contribution is 6.19. The van der Waals surface area contributed by atoms with Gasteiger partial charge in [-0.25, -0.2) is 15.0 Å². The van der Waals surface area contributed by atoms with Gasteiger partial charge in [0.2, 0.25) is 0 Å². The largest absolute Gasteiger partial charge is 0.309 e. The molecule has 12 rings (SSSR count). The first kappa shape index (κ1) is 36.4. The van der Waals surface area contributed by atoms with Crippen LogP contribution in [0.15, 0.2) is 231 Å². The third-order valence-electron chi connectivity index (χ3n) is 12.2. The Hall–Kier alpha value is -8.47. The molecule has 0 N–H and O–H groups in total. The van der Waals surface area contributed by atoms with Crippen LogP contribution in [0.4, 0.5) is 0 Å². The highest BCUT2D eigenvalue weighted by atomic mass is 15.0. The van der Waals surface area contributed by atoms with E-state index in [4.69, 9.17) is 15.0 Å². The molecular formula is C59H38N4. The van der Waals surface area contributed by atoms with Gasteiger partial charge in [0.05, 0.1) is 33.6 Å². The van der Waals surface area contributed by atoms with E-state index in [2.05, 4.69) is 217 Å². The number of hydrogen-bond donors (Lipinski definition) is 0. The van der Waals surface area contributed by atoms with Crippen molar-refractivity contribution in [2.75, 3.05) is 0 Å². The maximum absolute atomic E-state index is 5.53. The Labute approximate surface area is 365 Å². The third-order valence-corrected chi connectivity index (χ3v) is 12.2. The lowest BCUT2D eigenvalue weighted by Crippen LogP contribution is -1.98. The fraction of sp³-hybridized carbons (Fsp3) is 0. The quantitative estimate of drug-likeness (QED) is 0.151. The van der Waals surface area contributed by atoms with Crippen molar-refractivity contribution in [3.8, 4) is 73.1 Å². The first-order valence-corrected chi connectivity index (χ1v) is 21.4. The average Bonchev–Trinajstić information content (AvgIpc) is 3.71. The Morgan fingerprint density at radius 3 is 1.48 bits per heavy atom. The zero-order valence-corrected chi connectivity index (χ0v) is 34.2. The topological polar surface area (TPSA) is 43.6 Å². The average molecular weight is 803 g/mol. The SMILES string of the molecule is c1ccc(-c2nc(-c3cccc(-c4cccc5c4nc(-c4ccccc4)c4cccc(-c6ccccc6)c45)c3)cc(-c3cccc(-n4c5ccccc5c5ccccc54)c3)n2)cc1. The predicted molar refractivity (Wildman–Crippen MR) is 262 cm³/mol. The molecule has 0 amide bonds. The van der Waals surface area contributed by atoms with Crippen LogP contribution >= 0.6 is 0 Å². The normalized spacial score (nSPS) is 11.5. The molecule has 4 heteroatoms. The zero-order chi connectivity index (χ0) is 41.7. The van der Waals surface area contributed by atoms with E-state index in [9.17, 15) is 0 Å². The molecule has 0 spiro atoms. The molecule has 63 heavy (non-hydrogen) atoms. The lowest BCUT2D eigenvalue weighted by atomic mass is 9.91. The van der Waals surface area contributed by atoms with Crippen molar-refractivity contribution >= 4 is 43.5 Å². The van der Waals surface area contributed by atoms with Gasteiger partial charge in [-0.2, -0.15) is 0 Å². The summed E-state index contributed by atoms with van der Waals surface area (Å²) in [7, 11) is 0. The van der Waals surface area contributed by atoms with Crippen molar-refractivity contribution in [1.82, 2.24) is 19.5 Å². The van der Waals surface area contributed by atoms with E-state index in [0.29, 0.717) is 5.82 Å². The summed E-state index contributed by atoms with van der Waals surface area (Å²) < 4.78 is 2.35. The molecule has 4 nitrogen and oxygen atoms in total. The van der Waals surface area contributed by atoms with Gasteiger partial charge >= 0.3 is 0 Å². The Morgan fingerprint density at radius 2 is 0.794 bits per heavy atom. The van der Waals surface area contributed by atoms with Crippen molar-refractivity contribution in [3.05, 3.63) is 231 Å². The van der Waals surface area contributed by atoms with Crippen LogP contribution in [0.2, 0.25) is 0 Å². The lowest BCUT2D eigenvalue weighted by Gasteiger charge is -2.16. The molecule has 3 aromatic heterocycles. The summed E-state index contributed by atoms with van der Waals surface area (Å²) >= 11 is 0. The molecule has 0 radical (unpaired) electrons. The second-order valence-corrected chi connectivity index (χ2v) is 16.0. The molecule has 294 valence electrons. The summed E-state index contributed by atoms with van der Waals surface area (Å²) in [5, 5.41) is 5.91. The van der Waals surface area contributed by atoms with Crippen LogP contribution in [-0.4, -0.2) is 19.5 Å². The van der Waals surface area contributed by atoms with E-state index >= 15 is 0 Å². The second kappa shape index (κ2) is 15.2. The Bertz CT molecular complexity index is 3620. The van der Waals surface area contributed by atoms with E-state index in [1.807, 2.05) is 18.2 Å². The predicted octanol–water partition coefficient (Wildman–Crippen LogP) is 15.3. The highest BCUT2D eigenvalue weighted by Gasteiger charge is 2.19. The van der Waals surface area contributed by atoms with Gasteiger partial charge in [0.15, 0.2) is 5.82 Å². The monoisotopic (exact) mass is 802 g/mol. The summed E-state index contributed by atoms with van der Waals surface area (Å²) in [6.45, 7) is 0. The van der Waals surface area contributed by atoms with Gasteiger partial charge in [0.1, 0.15) is 0 Å². The molecule has 0 aliphatic rings. The zero-order valence-electron chi connectivity index (χ0n) is 34.2. The Morgan fingerprint density at radius 1 is 0.302 bits per heavy atom. The summed E-state index contributed by atoms with van der Waals surface area (Å²) in [6.07, 6.45) is 0. The number of rotatable bonds is 7. The maximum Gasteiger partial charge on any atom is 0.160 e. The van der Waals surface area contributed by atoms with Gasteiger partial charge in [-0.3, -0.25) is 0 Å². The Balaban J connectivity index is 1.04. The molecule has 0 saturated carbocycles. The van der Waals surface area contributed by atoms with Gasteiger partial charge in [-0.05, 0) is 53.1 Å². The van der Waals surface area contributed by atoms with Crippen molar-refractivity contribution in [1.29, 1.82) is 0 Å². The van der Waals surface area contributed by atoms with Crippen LogP contribution in [0.5, 0.6) is 0 Å². The summed E-state index contributed by atoms with van der Waals surface area (Å²) in [6, 6.07) is 81.4. The van der Waals surface area contributed by atoms with Crippen molar-refractivity contribution in [2.45, 2.75) is 0 Å². The van der Waals surface area contributed by atoms with Crippen LogP contribution in [0.25, 0.3) is 117 Å². The van der Waals surface area contributed by atoms with E-state index in [-0.39, 0.29) is 0 Å². The number of pyridine rings is 1. The summed E-state index contributed by atoms with van der Waals surface area (Å²) in [5.41, 5.74) is 15.6. The van der Waals surface area contributed by atoms with Crippen LogP contribution in [0.1, 0.15) is 0 Å². The number of benzene rings is 9. The number of hydrogen-bond acceptors (Lipinski definition) is 3. The fourth-order valence-electron chi connectivity index (χ4n) is 9.30. The molecule has 0 unspecified atom stereocenters. The molecule has 0 atom stereocenters. The van der Waals surface area contributed by atoms with Crippen LogP contribution in [0, 0.1) is 0 Å². The van der Waals surface area contributed by atoms with Crippen molar-refractivity contribution < 1.29 is 0 Å². The van der Waals surface area contributed by atoms with Crippen LogP contribution in [-0.2, 0) is 0 Å². The summed E-state index contributed by atoms with van der Waals surface area (Å²) in [5.74, 6) is 0.676. The molecule has 9 aromatic carbocycles. The smallest absolute Gasteiger partial charge is 0.160 e. The van der Waals surface area contributed by atoms with E-state index in [1.54, 1.807) is 0 Å². The number of nitrogens with zero attached hydrogens (tertiary/aromatic N) is 4. The van der Waals surface area contributed by atoms with E-state index < -0.39 is 0 Å². The minimum Gasteiger partial charge on any atom is -0.309 e. The molecule has 0 saturated heterocycles. The Kier molecular flexibility index (Phi) is 8.79. The minimum atomic E-state index is 0.676. The molecule has 12 aromatic rings. The van der Waals surface area contributed by atoms with E-state index in [0.717, 1.165) is 72.4 Å². The van der Waals surface area contributed by atoms with Gasteiger partial charge in [-0.1, -0.05) is 194 Å². The van der Waals surface area contributed by atoms with Gasteiger partial charge in [0, 0.05) is 60.4 Å². The number of aromatic nitrogens is 4. The first-order chi connectivity index (χ1) is 31.2. The number of para-hydroxylation sites is 3. The maximum atomic E-state index is 5.53. The van der Waals surface area contributed by atoms with E-state index in [1.165, 1.54) is 38.3 Å². The van der Waals surface area contributed by atoms with Crippen LogP contribution in [0.3, 0.4) is 0 Å². The second-order valence-electron chi connectivity index (χ2n) is 16.0. The lowest BCUT2D eigenvalue weighted by molar-refractivity contribution is 1.16. The van der Waals surface area contributed by atoms with Gasteiger partial charge in [-0.15, -0.1) is 0 Å². The standard InChI is InChI=1S/C59H38N4/c1-4-18-39(19-5-1)46-30-16-32-50-56(46)51-33-17-31-47(58(51)62-57(50)40-20-6-2-7-21-40)42-24-14-25-43(36-42)52-38-53(61-59(60-52)41-22-8-3-9-23-41)44-26-15-27-45(37-44)63-54-34-12-10-28-48(54)49-29-11-13-35-55(49)63/h1-38H. The number of fused-ring (bicyclic) bond motifs is 6. The van der Waals surface area contributed by atoms with Gasteiger partial charge < -0.3 is 4.57 Å². The van der Waals surface area contributed by atoms with Gasteiger partial charge in [0.25, 0.3) is 0 Å². The first-order valence-electron chi connectivity index (χ1n) is 21.4. The molecule has 0 fully saturated rings. The van der Waals surface area contributed by atoms with Crippen molar-refractivity contribution in [3.63, 3.8) is 0 Å². The molecular weight excluding hydrogens is 765 g/mol. The minimum absolute atomic E-state index is 0.676. The molecule has 0 bridgehead atoms.